The minimum absolute atomic E-state index is 0.135. The van der Waals surface area contributed by atoms with E-state index in [-0.39, 0.29) is 4.88 Å². The van der Waals surface area contributed by atoms with Gasteiger partial charge in [-0.1, -0.05) is 15.9 Å². The van der Waals surface area contributed by atoms with E-state index in [1.807, 2.05) is 0 Å². The molecule has 0 amide bonds. The molecule has 0 fully saturated rings. The first kappa shape index (κ1) is 11.2. The fourth-order valence-electron chi connectivity index (χ4n) is 1.18. The molecular formula is C10H5BrFNO2S. The second kappa shape index (κ2) is 4.31. The zero-order chi connectivity index (χ0) is 11.7. The number of carbonyl (C=O) groups is 1. The summed E-state index contributed by atoms with van der Waals surface area (Å²) < 4.78 is 13.7. The standard InChI is InChI=1S/C10H5BrFNO2S/c11-6-1-5(2-7(12)3-6)9-13-4-8(16-9)10(14)15/h1-4H,(H,14,15). The van der Waals surface area contributed by atoms with Gasteiger partial charge in [0.2, 0.25) is 0 Å². The fraction of sp³-hybridized carbons (Fsp3) is 0. The van der Waals surface area contributed by atoms with Gasteiger partial charge in [0.1, 0.15) is 15.7 Å². The lowest BCUT2D eigenvalue weighted by atomic mass is 10.2. The Kier molecular flexibility index (Phi) is 3.02. The monoisotopic (exact) mass is 301 g/mol. The van der Waals surface area contributed by atoms with Crippen molar-refractivity contribution in [3.63, 3.8) is 0 Å². The van der Waals surface area contributed by atoms with Crippen LogP contribution >= 0.6 is 27.3 Å². The Morgan fingerprint density at radius 1 is 1.44 bits per heavy atom. The Balaban J connectivity index is 2.46. The predicted molar refractivity (Wildman–Crippen MR) is 62.2 cm³/mol. The van der Waals surface area contributed by atoms with Crippen molar-refractivity contribution < 1.29 is 14.3 Å². The van der Waals surface area contributed by atoms with Gasteiger partial charge in [0.25, 0.3) is 0 Å². The van der Waals surface area contributed by atoms with Crippen LogP contribution in [-0.2, 0) is 0 Å². The lowest BCUT2D eigenvalue weighted by molar-refractivity contribution is 0.0702. The Bertz CT molecular complexity index is 535. The van der Waals surface area contributed by atoms with Crippen molar-refractivity contribution in [1.29, 1.82) is 0 Å². The molecule has 1 N–H and O–H groups in total. The third kappa shape index (κ3) is 2.28. The summed E-state index contributed by atoms with van der Waals surface area (Å²) in [4.78, 5) is 14.7. The number of aromatic nitrogens is 1. The van der Waals surface area contributed by atoms with E-state index in [2.05, 4.69) is 20.9 Å². The molecule has 2 rings (SSSR count). The van der Waals surface area contributed by atoms with Crippen LogP contribution in [0.4, 0.5) is 4.39 Å². The van der Waals surface area contributed by atoms with Crippen LogP contribution in [0.15, 0.2) is 28.9 Å². The molecule has 82 valence electrons. The van der Waals surface area contributed by atoms with Crippen molar-refractivity contribution in [2.24, 2.45) is 0 Å². The summed E-state index contributed by atoms with van der Waals surface area (Å²) in [5.74, 6) is -1.42. The maximum Gasteiger partial charge on any atom is 0.347 e. The molecule has 1 aromatic heterocycles. The number of rotatable bonds is 2. The maximum absolute atomic E-state index is 13.1. The van der Waals surface area contributed by atoms with E-state index in [1.165, 1.54) is 18.3 Å². The first-order valence-corrected chi connectivity index (χ1v) is 5.83. The number of hydrogen-bond donors (Lipinski definition) is 1. The normalized spacial score (nSPS) is 10.4. The summed E-state index contributed by atoms with van der Waals surface area (Å²) in [7, 11) is 0. The van der Waals surface area contributed by atoms with Gasteiger partial charge in [-0.3, -0.25) is 0 Å². The van der Waals surface area contributed by atoms with Gasteiger partial charge in [-0.2, -0.15) is 0 Å². The number of hydrogen-bond acceptors (Lipinski definition) is 3. The number of aromatic carboxylic acids is 1. The Morgan fingerprint density at radius 2 is 2.19 bits per heavy atom. The molecule has 0 atom stereocenters. The summed E-state index contributed by atoms with van der Waals surface area (Å²) in [5, 5.41) is 9.23. The molecule has 0 radical (unpaired) electrons. The summed E-state index contributed by atoms with van der Waals surface area (Å²) in [6.45, 7) is 0. The lowest BCUT2D eigenvalue weighted by Crippen LogP contribution is -1.89. The third-order valence-electron chi connectivity index (χ3n) is 1.83. The van der Waals surface area contributed by atoms with E-state index < -0.39 is 11.8 Å². The summed E-state index contributed by atoms with van der Waals surface area (Å²) in [5.41, 5.74) is 0.560. The van der Waals surface area contributed by atoms with Gasteiger partial charge in [0, 0.05) is 10.0 Å². The van der Waals surface area contributed by atoms with Gasteiger partial charge >= 0.3 is 5.97 Å². The van der Waals surface area contributed by atoms with Crippen molar-refractivity contribution in [3.05, 3.63) is 39.6 Å². The molecule has 1 aromatic carbocycles. The van der Waals surface area contributed by atoms with Gasteiger partial charge in [-0.05, 0) is 18.2 Å². The Labute approximate surface area is 103 Å². The van der Waals surface area contributed by atoms with Gasteiger partial charge in [-0.25, -0.2) is 14.2 Å². The minimum atomic E-state index is -1.03. The average Bonchev–Trinajstić information content (AvgIpc) is 2.64. The molecule has 0 aliphatic rings. The van der Waals surface area contributed by atoms with Crippen LogP contribution in [0.25, 0.3) is 10.6 Å². The van der Waals surface area contributed by atoms with Crippen molar-refractivity contribution in [2.75, 3.05) is 0 Å². The highest BCUT2D eigenvalue weighted by molar-refractivity contribution is 9.10. The molecule has 0 aliphatic carbocycles. The second-order valence-electron chi connectivity index (χ2n) is 2.99. The maximum atomic E-state index is 13.1. The van der Waals surface area contributed by atoms with Crippen molar-refractivity contribution in [3.8, 4) is 10.6 Å². The quantitative estimate of drug-likeness (QED) is 0.925. The molecule has 0 saturated heterocycles. The molecule has 2 aromatic rings. The Morgan fingerprint density at radius 3 is 2.75 bits per heavy atom. The smallest absolute Gasteiger partial charge is 0.347 e. The summed E-state index contributed by atoms with van der Waals surface area (Å²) >= 11 is 4.18. The van der Waals surface area contributed by atoms with Crippen LogP contribution in [0.2, 0.25) is 0 Å². The third-order valence-corrected chi connectivity index (χ3v) is 3.32. The van der Waals surface area contributed by atoms with Gasteiger partial charge in [0.15, 0.2) is 0 Å². The van der Waals surface area contributed by atoms with Gasteiger partial charge < -0.3 is 5.11 Å². The number of carboxylic acids is 1. The SMILES string of the molecule is O=C(O)c1cnc(-c2cc(F)cc(Br)c2)s1. The summed E-state index contributed by atoms with van der Waals surface area (Å²) in [6, 6.07) is 4.33. The molecule has 1 heterocycles. The molecule has 3 nitrogen and oxygen atoms in total. The van der Waals surface area contributed by atoms with E-state index in [9.17, 15) is 9.18 Å². The molecular weight excluding hydrogens is 297 g/mol. The molecule has 6 heteroatoms. The predicted octanol–water partition coefficient (Wildman–Crippen LogP) is 3.41. The average molecular weight is 302 g/mol. The summed E-state index contributed by atoms with van der Waals surface area (Å²) in [6.07, 6.45) is 1.27. The van der Waals surface area contributed by atoms with E-state index in [0.717, 1.165) is 11.3 Å². The van der Waals surface area contributed by atoms with Crippen LogP contribution < -0.4 is 0 Å². The van der Waals surface area contributed by atoms with Crippen LogP contribution in [0.1, 0.15) is 9.67 Å². The van der Waals surface area contributed by atoms with Gasteiger partial charge in [-0.15, -0.1) is 11.3 Å². The highest BCUT2D eigenvalue weighted by Gasteiger charge is 2.11. The van der Waals surface area contributed by atoms with Crippen molar-refractivity contribution in [1.82, 2.24) is 4.98 Å². The van der Waals surface area contributed by atoms with Crippen LogP contribution in [0.3, 0.4) is 0 Å². The second-order valence-corrected chi connectivity index (χ2v) is 4.94. The topological polar surface area (TPSA) is 50.2 Å². The van der Waals surface area contributed by atoms with Crippen LogP contribution in [0.5, 0.6) is 0 Å². The zero-order valence-corrected chi connectivity index (χ0v) is 10.2. The first-order valence-electron chi connectivity index (χ1n) is 4.22. The number of benzene rings is 1. The molecule has 0 unspecified atom stereocenters. The van der Waals surface area contributed by atoms with Crippen molar-refractivity contribution in [2.45, 2.75) is 0 Å². The largest absolute Gasteiger partial charge is 0.477 e. The van der Waals surface area contributed by atoms with E-state index in [4.69, 9.17) is 5.11 Å². The zero-order valence-electron chi connectivity index (χ0n) is 7.78. The first-order chi connectivity index (χ1) is 7.56. The molecule has 0 saturated carbocycles. The van der Waals surface area contributed by atoms with Crippen LogP contribution in [0, 0.1) is 5.82 Å². The number of halogens is 2. The van der Waals surface area contributed by atoms with E-state index >= 15 is 0 Å². The number of carboxylic acid groups (broad SMARTS) is 1. The van der Waals surface area contributed by atoms with E-state index in [0.29, 0.717) is 15.0 Å². The highest BCUT2D eigenvalue weighted by Crippen LogP contribution is 2.28. The molecule has 0 aliphatic heterocycles. The molecule has 16 heavy (non-hydrogen) atoms. The number of nitrogens with zero attached hydrogens (tertiary/aromatic N) is 1. The fourth-order valence-corrected chi connectivity index (χ4v) is 2.39. The molecule has 0 spiro atoms. The molecule has 0 bridgehead atoms. The van der Waals surface area contributed by atoms with Crippen LogP contribution in [-0.4, -0.2) is 16.1 Å². The highest BCUT2D eigenvalue weighted by atomic mass is 79.9. The Hall–Kier alpha value is -1.27. The van der Waals surface area contributed by atoms with E-state index in [1.54, 1.807) is 6.07 Å². The lowest BCUT2D eigenvalue weighted by Gasteiger charge is -1.97. The van der Waals surface area contributed by atoms with Gasteiger partial charge in [0.05, 0.1) is 6.20 Å². The number of thiazole rings is 1. The van der Waals surface area contributed by atoms with Crippen molar-refractivity contribution >= 4 is 33.2 Å². The minimum Gasteiger partial charge on any atom is -0.477 e.